The van der Waals surface area contributed by atoms with Crippen molar-refractivity contribution in [3.63, 3.8) is 0 Å². The number of Topliss-reactive ketones (excluding diaryl/α,β-unsaturated/α-hetero) is 1. The summed E-state index contributed by atoms with van der Waals surface area (Å²) in [7, 11) is 1.89. The molecule has 21 heavy (non-hydrogen) atoms. The van der Waals surface area contributed by atoms with Crippen molar-refractivity contribution in [1.82, 2.24) is 5.32 Å². The Bertz CT molecular complexity index is 232. The van der Waals surface area contributed by atoms with Crippen molar-refractivity contribution < 1.29 is 25.2 Å². The number of carbonyl (C=O) groups excluding carboxylic acids is 1. The smallest absolute Gasteiger partial charge is 0.135 e. The molecule has 1 N–H and O–H groups in total. The molecular formula is C15H33NO5. The summed E-state index contributed by atoms with van der Waals surface area (Å²) >= 11 is 0. The van der Waals surface area contributed by atoms with E-state index >= 15 is 0 Å². The molecule has 128 valence electrons. The number of nitrogens with one attached hydrogen (secondary N) is 1. The highest BCUT2D eigenvalue weighted by molar-refractivity contribution is 5.78. The van der Waals surface area contributed by atoms with Crippen molar-refractivity contribution in [2.24, 2.45) is 0 Å². The van der Waals surface area contributed by atoms with Gasteiger partial charge in [0.05, 0.1) is 52.9 Å². The molecule has 0 aliphatic carbocycles. The first-order valence-corrected chi connectivity index (χ1v) is 7.78. The van der Waals surface area contributed by atoms with Crippen LogP contribution >= 0.6 is 0 Å². The average Bonchev–Trinajstić information content (AvgIpc) is 2.48. The third-order valence-electron chi connectivity index (χ3n) is 2.67. The normalized spacial score (nSPS) is 11.0. The summed E-state index contributed by atoms with van der Waals surface area (Å²) < 4.78 is 21.3. The molecule has 6 heteroatoms. The van der Waals surface area contributed by atoms with Crippen molar-refractivity contribution in [3.05, 3.63) is 0 Å². The number of hydrogen-bond donors (Lipinski definition) is 1. The first-order chi connectivity index (χ1) is 10.3. The van der Waals surface area contributed by atoms with Gasteiger partial charge in [0.2, 0.25) is 0 Å². The highest BCUT2D eigenvalue weighted by Gasteiger charge is 1.99. The molecule has 0 heterocycles. The van der Waals surface area contributed by atoms with Crippen molar-refractivity contribution in [2.75, 3.05) is 66.4 Å². The lowest BCUT2D eigenvalue weighted by molar-refractivity contribution is -0.120. The summed E-state index contributed by atoms with van der Waals surface area (Å²) in [4.78, 5) is 11.2. The third kappa shape index (κ3) is 17.4. The highest BCUT2D eigenvalue weighted by atomic mass is 16.6. The largest absolute Gasteiger partial charge is 0.379 e. The van der Waals surface area contributed by atoms with Crippen molar-refractivity contribution in [3.8, 4) is 0 Å². The van der Waals surface area contributed by atoms with Crippen LogP contribution < -0.4 is 5.32 Å². The summed E-state index contributed by atoms with van der Waals surface area (Å²) in [5.74, 6) is 0.267. The van der Waals surface area contributed by atoms with Gasteiger partial charge in [0.1, 0.15) is 5.78 Å². The molecule has 0 saturated carbocycles. The molecule has 0 atom stereocenters. The van der Waals surface area contributed by atoms with Crippen LogP contribution in [0.25, 0.3) is 0 Å². The lowest BCUT2D eigenvalue weighted by atomic mass is 10.2. The van der Waals surface area contributed by atoms with Crippen LogP contribution in [-0.2, 0) is 23.7 Å². The van der Waals surface area contributed by atoms with E-state index in [4.69, 9.17) is 18.9 Å². The Labute approximate surface area is 129 Å². The van der Waals surface area contributed by atoms with Crippen LogP contribution in [0.4, 0.5) is 0 Å². The third-order valence-corrected chi connectivity index (χ3v) is 2.67. The summed E-state index contributed by atoms with van der Waals surface area (Å²) in [6.07, 6.45) is 2.06. The topological polar surface area (TPSA) is 66.0 Å². The van der Waals surface area contributed by atoms with Gasteiger partial charge in [-0.1, -0.05) is 6.92 Å². The van der Waals surface area contributed by atoms with E-state index in [1.807, 2.05) is 14.0 Å². The number of ketones is 1. The van der Waals surface area contributed by atoms with E-state index in [0.717, 1.165) is 13.0 Å². The molecule has 0 rings (SSSR count). The van der Waals surface area contributed by atoms with Gasteiger partial charge in [-0.25, -0.2) is 0 Å². The van der Waals surface area contributed by atoms with Gasteiger partial charge in [-0.15, -0.1) is 0 Å². The van der Waals surface area contributed by atoms with Crippen LogP contribution in [0.1, 0.15) is 27.6 Å². The fraction of sp³-hybridized carbons (Fsp3) is 0.933. The zero-order chi connectivity index (χ0) is 15.6. The molecule has 0 aliphatic rings. The van der Waals surface area contributed by atoms with Gasteiger partial charge in [-0.2, -0.15) is 0 Å². The number of rotatable bonds is 17. The number of hydrogen-bond acceptors (Lipinski definition) is 6. The van der Waals surface area contributed by atoms with E-state index in [1.54, 1.807) is 0 Å². The molecule has 0 amide bonds. The van der Waals surface area contributed by atoms with Gasteiger partial charge in [0.25, 0.3) is 0 Å². The minimum absolute atomic E-state index is 0. The van der Waals surface area contributed by atoms with Crippen molar-refractivity contribution in [2.45, 2.75) is 26.2 Å². The Balaban J connectivity index is 0. The number of ether oxygens (including phenoxy) is 4. The minimum Gasteiger partial charge on any atom is -0.379 e. The predicted molar refractivity (Wildman–Crippen MR) is 83.8 cm³/mol. The first kappa shape index (κ1) is 20.5. The molecule has 0 spiro atoms. The minimum atomic E-state index is 0. The summed E-state index contributed by atoms with van der Waals surface area (Å²) in [6, 6.07) is 0. The van der Waals surface area contributed by atoms with Gasteiger partial charge in [0.15, 0.2) is 0 Å². The maximum atomic E-state index is 11.2. The molecule has 6 nitrogen and oxygen atoms in total. The summed E-state index contributed by atoms with van der Waals surface area (Å²) in [6.45, 7) is 7.41. The molecule has 0 aromatic heterocycles. The van der Waals surface area contributed by atoms with Gasteiger partial charge in [-0.3, -0.25) is 4.79 Å². The highest BCUT2D eigenvalue weighted by Crippen LogP contribution is 1.94. The second-order valence-electron chi connectivity index (χ2n) is 4.59. The van der Waals surface area contributed by atoms with Crippen LogP contribution in [0.2, 0.25) is 0 Å². The van der Waals surface area contributed by atoms with Gasteiger partial charge in [-0.05, 0) is 13.5 Å². The van der Waals surface area contributed by atoms with E-state index in [0.29, 0.717) is 65.7 Å². The molecule has 0 radical (unpaired) electrons. The second kappa shape index (κ2) is 17.5. The molecule has 0 aromatic rings. The first-order valence-electron chi connectivity index (χ1n) is 7.78. The summed E-state index contributed by atoms with van der Waals surface area (Å²) in [5, 5.41) is 3.00. The van der Waals surface area contributed by atoms with Crippen molar-refractivity contribution in [1.29, 1.82) is 0 Å². The Hall–Kier alpha value is -0.530. The zero-order valence-corrected chi connectivity index (χ0v) is 13.5. The van der Waals surface area contributed by atoms with Gasteiger partial charge >= 0.3 is 0 Å². The maximum absolute atomic E-state index is 11.2. The predicted octanol–water partition coefficient (Wildman–Crippen LogP) is 1.28. The lowest BCUT2D eigenvalue weighted by Crippen LogP contribution is -2.17. The molecule has 0 fully saturated rings. The molecule has 0 bridgehead atoms. The average molecular weight is 307 g/mol. The fourth-order valence-corrected chi connectivity index (χ4v) is 1.53. The van der Waals surface area contributed by atoms with E-state index in [2.05, 4.69) is 5.32 Å². The Morgan fingerprint density at radius 2 is 1.29 bits per heavy atom. The Kier molecular flexibility index (Phi) is 17.1. The van der Waals surface area contributed by atoms with Gasteiger partial charge in [0, 0.05) is 20.8 Å². The molecular weight excluding hydrogens is 274 g/mol. The van der Waals surface area contributed by atoms with E-state index in [1.165, 1.54) is 0 Å². The quantitative estimate of drug-likeness (QED) is 0.408. The fourth-order valence-electron chi connectivity index (χ4n) is 1.53. The van der Waals surface area contributed by atoms with Crippen LogP contribution in [0.15, 0.2) is 0 Å². The van der Waals surface area contributed by atoms with E-state index < -0.39 is 0 Å². The van der Waals surface area contributed by atoms with Crippen LogP contribution in [0.5, 0.6) is 0 Å². The van der Waals surface area contributed by atoms with Gasteiger partial charge < -0.3 is 24.3 Å². The number of carbonyl (C=O) groups is 1. The SMILES string of the molecule is CCCC(=O)CCOCCOCCOCCOCCNC.[HH]. The Morgan fingerprint density at radius 1 is 0.810 bits per heavy atom. The van der Waals surface area contributed by atoms with Crippen molar-refractivity contribution >= 4 is 5.78 Å². The maximum Gasteiger partial charge on any atom is 0.135 e. The summed E-state index contributed by atoms with van der Waals surface area (Å²) in [5.41, 5.74) is 0. The van der Waals surface area contributed by atoms with Crippen LogP contribution in [0.3, 0.4) is 0 Å². The Morgan fingerprint density at radius 3 is 1.76 bits per heavy atom. The molecule has 0 saturated heterocycles. The van der Waals surface area contributed by atoms with Crippen LogP contribution in [0, 0.1) is 0 Å². The molecule has 0 unspecified atom stereocenters. The molecule has 0 aromatic carbocycles. The second-order valence-corrected chi connectivity index (χ2v) is 4.59. The lowest BCUT2D eigenvalue weighted by Gasteiger charge is -2.07. The van der Waals surface area contributed by atoms with E-state index in [9.17, 15) is 4.79 Å². The van der Waals surface area contributed by atoms with Crippen LogP contribution in [-0.4, -0.2) is 72.2 Å². The van der Waals surface area contributed by atoms with E-state index in [-0.39, 0.29) is 7.21 Å². The monoisotopic (exact) mass is 307 g/mol. The standard InChI is InChI=1S/C15H31NO5.H2/c1-3-4-15(17)5-7-18-9-11-20-13-14-21-12-10-19-8-6-16-2;/h16H,3-14H2,1-2H3;1H. The number of likely N-dealkylation sites (N-methyl/N-ethyl adjacent to an activating group) is 1. The molecule has 0 aliphatic heterocycles. The zero-order valence-electron chi connectivity index (χ0n) is 13.5.